The number of guanidine groups is 1. The molecule has 0 amide bonds. The van der Waals surface area contributed by atoms with Crippen LogP contribution in [-0.2, 0) is 11.2 Å². The minimum atomic E-state index is 0. The summed E-state index contributed by atoms with van der Waals surface area (Å²) in [5.74, 6) is 0.862. The second-order valence-electron chi connectivity index (χ2n) is 5.90. The molecule has 0 saturated carbocycles. The van der Waals surface area contributed by atoms with E-state index < -0.39 is 0 Å². The van der Waals surface area contributed by atoms with Crippen molar-refractivity contribution in [3.63, 3.8) is 0 Å². The molecule has 0 aromatic carbocycles. The SMILES string of the molecule is CCOCCCCNC(=NC)NCCc1csc(N2CCCC2)n1.I. The fourth-order valence-electron chi connectivity index (χ4n) is 2.67. The maximum absolute atomic E-state index is 5.34. The molecular weight excluding hydrogens is 449 g/mol. The third-order valence-electron chi connectivity index (χ3n) is 4.03. The fraction of sp³-hybridized carbons (Fsp3) is 0.765. The molecule has 0 bridgehead atoms. The molecule has 2 heterocycles. The van der Waals surface area contributed by atoms with Crippen LogP contribution in [0.15, 0.2) is 10.4 Å². The highest BCUT2D eigenvalue weighted by Gasteiger charge is 2.15. The summed E-state index contributed by atoms with van der Waals surface area (Å²) in [5, 5.41) is 10.1. The monoisotopic (exact) mass is 481 g/mol. The van der Waals surface area contributed by atoms with E-state index >= 15 is 0 Å². The van der Waals surface area contributed by atoms with E-state index in [0.717, 1.165) is 64.6 Å². The Labute approximate surface area is 172 Å². The summed E-state index contributed by atoms with van der Waals surface area (Å²) in [6.07, 6.45) is 5.68. The van der Waals surface area contributed by atoms with Crippen molar-refractivity contribution in [2.75, 3.05) is 51.3 Å². The second kappa shape index (κ2) is 13.6. The zero-order chi connectivity index (χ0) is 17.0. The van der Waals surface area contributed by atoms with Gasteiger partial charge in [0.15, 0.2) is 11.1 Å². The van der Waals surface area contributed by atoms with Gasteiger partial charge in [-0.1, -0.05) is 0 Å². The number of halogens is 1. The Bertz CT molecular complexity index is 491. The Morgan fingerprint density at radius 2 is 2.04 bits per heavy atom. The Morgan fingerprint density at radius 1 is 1.28 bits per heavy atom. The first-order valence-electron chi connectivity index (χ1n) is 9.05. The van der Waals surface area contributed by atoms with E-state index in [2.05, 4.69) is 25.9 Å². The first-order valence-corrected chi connectivity index (χ1v) is 9.93. The molecule has 1 aromatic heterocycles. The largest absolute Gasteiger partial charge is 0.382 e. The Kier molecular flexibility index (Phi) is 12.2. The van der Waals surface area contributed by atoms with E-state index in [0.29, 0.717) is 0 Å². The minimum absolute atomic E-state index is 0. The number of ether oxygens (including phenoxy) is 1. The van der Waals surface area contributed by atoms with Crippen LogP contribution in [0.3, 0.4) is 0 Å². The molecule has 1 aromatic rings. The second-order valence-corrected chi connectivity index (χ2v) is 6.73. The zero-order valence-electron chi connectivity index (χ0n) is 15.4. The van der Waals surface area contributed by atoms with Crippen molar-refractivity contribution < 1.29 is 4.74 Å². The van der Waals surface area contributed by atoms with Gasteiger partial charge >= 0.3 is 0 Å². The molecule has 0 atom stereocenters. The third-order valence-corrected chi connectivity index (χ3v) is 4.98. The zero-order valence-corrected chi connectivity index (χ0v) is 18.6. The Balaban J connectivity index is 0.00000312. The van der Waals surface area contributed by atoms with Crippen molar-refractivity contribution in [3.8, 4) is 0 Å². The van der Waals surface area contributed by atoms with Gasteiger partial charge in [-0.15, -0.1) is 35.3 Å². The average molecular weight is 481 g/mol. The summed E-state index contributed by atoms with van der Waals surface area (Å²) in [4.78, 5) is 11.4. The first-order chi connectivity index (χ1) is 11.8. The molecule has 25 heavy (non-hydrogen) atoms. The highest BCUT2D eigenvalue weighted by Crippen LogP contribution is 2.24. The lowest BCUT2D eigenvalue weighted by molar-refractivity contribution is 0.143. The van der Waals surface area contributed by atoms with Gasteiger partial charge in [0, 0.05) is 58.2 Å². The van der Waals surface area contributed by atoms with Crippen LogP contribution in [0.2, 0.25) is 0 Å². The van der Waals surface area contributed by atoms with Crippen LogP contribution in [0.4, 0.5) is 5.13 Å². The Morgan fingerprint density at radius 3 is 2.76 bits per heavy atom. The molecule has 1 fully saturated rings. The number of unbranched alkanes of at least 4 members (excludes halogenated alkanes) is 1. The standard InChI is InChI=1S/C17H31N5OS.HI/c1-3-23-13-7-4-9-19-16(18-2)20-10-8-15-14-24-17(21-15)22-11-5-6-12-22;/h14H,3-13H2,1-2H3,(H2,18,19,20);1H. The molecule has 0 unspecified atom stereocenters. The molecule has 0 spiro atoms. The van der Waals surface area contributed by atoms with Gasteiger partial charge in [0.25, 0.3) is 0 Å². The quantitative estimate of drug-likeness (QED) is 0.233. The molecule has 0 aliphatic carbocycles. The summed E-state index contributed by atoms with van der Waals surface area (Å²) in [5.41, 5.74) is 1.17. The first kappa shape index (κ1) is 22.4. The number of nitrogens with zero attached hydrogens (tertiary/aromatic N) is 3. The number of nitrogens with one attached hydrogen (secondary N) is 2. The minimum Gasteiger partial charge on any atom is -0.382 e. The summed E-state index contributed by atoms with van der Waals surface area (Å²) in [7, 11) is 1.81. The maximum atomic E-state index is 5.34. The summed E-state index contributed by atoms with van der Waals surface area (Å²) < 4.78 is 5.34. The van der Waals surface area contributed by atoms with Crippen molar-refractivity contribution in [2.45, 2.75) is 39.0 Å². The van der Waals surface area contributed by atoms with Crippen molar-refractivity contribution in [3.05, 3.63) is 11.1 Å². The van der Waals surface area contributed by atoms with Gasteiger partial charge in [-0.25, -0.2) is 4.98 Å². The van der Waals surface area contributed by atoms with Crippen LogP contribution >= 0.6 is 35.3 Å². The molecule has 2 rings (SSSR count). The van der Waals surface area contributed by atoms with Crippen LogP contribution in [-0.4, -0.2) is 57.4 Å². The van der Waals surface area contributed by atoms with Crippen molar-refractivity contribution in [2.24, 2.45) is 4.99 Å². The lowest BCUT2D eigenvalue weighted by atomic mass is 10.3. The summed E-state index contributed by atoms with van der Waals surface area (Å²) in [6.45, 7) is 7.75. The Hall–Kier alpha value is -0.610. The van der Waals surface area contributed by atoms with E-state index in [-0.39, 0.29) is 24.0 Å². The van der Waals surface area contributed by atoms with Crippen molar-refractivity contribution >= 4 is 46.4 Å². The van der Waals surface area contributed by atoms with Crippen LogP contribution in [0.25, 0.3) is 0 Å². The topological polar surface area (TPSA) is 61.8 Å². The van der Waals surface area contributed by atoms with Gasteiger partial charge in [0.1, 0.15) is 0 Å². The molecule has 6 nitrogen and oxygen atoms in total. The number of aromatic nitrogens is 1. The lowest BCUT2D eigenvalue weighted by Gasteiger charge is -2.12. The smallest absolute Gasteiger partial charge is 0.190 e. The van der Waals surface area contributed by atoms with E-state index in [1.807, 2.05) is 14.0 Å². The molecule has 1 aliphatic heterocycles. The number of hydrogen-bond donors (Lipinski definition) is 2. The van der Waals surface area contributed by atoms with Gasteiger partial charge in [-0.05, 0) is 32.6 Å². The average Bonchev–Trinajstić information content (AvgIpc) is 3.27. The van der Waals surface area contributed by atoms with Gasteiger partial charge < -0.3 is 20.3 Å². The normalized spacial score (nSPS) is 14.5. The predicted octanol–water partition coefficient (Wildman–Crippen LogP) is 2.89. The van der Waals surface area contributed by atoms with Gasteiger partial charge in [-0.2, -0.15) is 0 Å². The highest BCUT2D eigenvalue weighted by atomic mass is 127. The summed E-state index contributed by atoms with van der Waals surface area (Å²) >= 11 is 1.76. The number of thiazole rings is 1. The van der Waals surface area contributed by atoms with Gasteiger partial charge in [0.05, 0.1) is 5.69 Å². The van der Waals surface area contributed by atoms with Crippen molar-refractivity contribution in [1.82, 2.24) is 15.6 Å². The van der Waals surface area contributed by atoms with Crippen LogP contribution in [0.5, 0.6) is 0 Å². The molecule has 1 saturated heterocycles. The molecule has 2 N–H and O–H groups in total. The van der Waals surface area contributed by atoms with Crippen LogP contribution in [0, 0.1) is 0 Å². The number of aliphatic imine (C=N–C) groups is 1. The number of anilines is 1. The number of rotatable bonds is 10. The lowest BCUT2D eigenvalue weighted by Crippen LogP contribution is -2.38. The van der Waals surface area contributed by atoms with Gasteiger partial charge in [-0.3, -0.25) is 4.99 Å². The predicted molar refractivity (Wildman–Crippen MR) is 118 cm³/mol. The highest BCUT2D eigenvalue weighted by molar-refractivity contribution is 14.0. The molecular formula is C17H32IN5OS. The molecule has 0 radical (unpaired) electrons. The van der Waals surface area contributed by atoms with Crippen LogP contribution < -0.4 is 15.5 Å². The molecule has 144 valence electrons. The van der Waals surface area contributed by atoms with E-state index in [9.17, 15) is 0 Å². The number of hydrogen-bond acceptors (Lipinski definition) is 5. The van der Waals surface area contributed by atoms with E-state index in [1.165, 1.54) is 23.7 Å². The fourth-order valence-corrected chi connectivity index (χ4v) is 3.59. The molecule has 1 aliphatic rings. The maximum Gasteiger partial charge on any atom is 0.190 e. The van der Waals surface area contributed by atoms with E-state index in [1.54, 1.807) is 11.3 Å². The third kappa shape index (κ3) is 8.54. The van der Waals surface area contributed by atoms with Crippen LogP contribution in [0.1, 0.15) is 38.3 Å². The van der Waals surface area contributed by atoms with Gasteiger partial charge in [0.2, 0.25) is 0 Å². The van der Waals surface area contributed by atoms with E-state index in [4.69, 9.17) is 9.72 Å². The molecule has 8 heteroatoms. The summed E-state index contributed by atoms with van der Waals surface area (Å²) in [6, 6.07) is 0. The van der Waals surface area contributed by atoms with Crippen molar-refractivity contribution in [1.29, 1.82) is 0 Å².